The van der Waals surface area contributed by atoms with Crippen LogP contribution in [0.2, 0.25) is 0 Å². The lowest BCUT2D eigenvalue weighted by Gasteiger charge is -2.37. The van der Waals surface area contributed by atoms with E-state index in [1.165, 1.54) is 0 Å². The molecule has 1 saturated carbocycles. The van der Waals surface area contributed by atoms with Crippen LogP contribution in [-0.4, -0.2) is 52.2 Å². The highest BCUT2D eigenvalue weighted by molar-refractivity contribution is 5.62. The number of rotatable bonds is 1. The van der Waals surface area contributed by atoms with Crippen molar-refractivity contribution in [1.29, 1.82) is 0 Å². The van der Waals surface area contributed by atoms with Crippen molar-refractivity contribution < 1.29 is 22.6 Å². The molecule has 30 heavy (non-hydrogen) atoms. The molecule has 11 heteroatoms. The maximum absolute atomic E-state index is 13.7. The van der Waals surface area contributed by atoms with E-state index in [-0.39, 0.29) is 23.8 Å². The number of nitrogens with zero attached hydrogens (tertiary/aromatic N) is 5. The molecule has 1 atom stereocenters. The number of aryl methyl sites for hydroxylation is 1. The van der Waals surface area contributed by atoms with Gasteiger partial charge in [-0.25, -0.2) is 9.67 Å². The summed E-state index contributed by atoms with van der Waals surface area (Å²) in [7, 11) is 0. The standard InChI is InChI=1S/C19H23F3N6O2/c1-11-15-17(28(26-11)12-3-2-4-12)25-18-23-9-14(19(20,21)22)16(24-18)27-6-8-29-10-13(27)5-7-30-15/h9,12-13H,2-8,10H2,1H3,(H,23,24,25). The van der Waals surface area contributed by atoms with Gasteiger partial charge in [0.15, 0.2) is 11.6 Å². The Bertz CT molecular complexity index is 943. The molecule has 2 aliphatic heterocycles. The molecule has 3 aliphatic rings. The molecule has 2 fully saturated rings. The van der Waals surface area contributed by atoms with Gasteiger partial charge in [-0.15, -0.1) is 0 Å². The van der Waals surface area contributed by atoms with E-state index in [1.54, 1.807) is 4.90 Å². The molecule has 1 aliphatic carbocycles. The zero-order valence-electron chi connectivity index (χ0n) is 16.6. The highest BCUT2D eigenvalue weighted by Crippen LogP contribution is 2.41. The van der Waals surface area contributed by atoms with E-state index in [0.717, 1.165) is 31.2 Å². The van der Waals surface area contributed by atoms with E-state index in [4.69, 9.17) is 9.47 Å². The largest absolute Gasteiger partial charge is 0.488 e. The second-order valence-electron chi connectivity index (χ2n) is 7.91. The minimum absolute atomic E-state index is 0.0930. The molecule has 0 radical (unpaired) electrons. The summed E-state index contributed by atoms with van der Waals surface area (Å²) in [6.45, 7) is 3.19. The second-order valence-corrected chi connectivity index (χ2v) is 7.91. The fourth-order valence-corrected chi connectivity index (χ4v) is 4.14. The van der Waals surface area contributed by atoms with Gasteiger partial charge in [0.25, 0.3) is 0 Å². The van der Waals surface area contributed by atoms with Crippen molar-refractivity contribution >= 4 is 17.6 Å². The van der Waals surface area contributed by atoms with Crippen LogP contribution in [0.3, 0.4) is 0 Å². The van der Waals surface area contributed by atoms with Gasteiger partial charge < -0.3 is 19.7 Å². The number of aromatic nitrogens is 4. The van der Waals surface area contributed by atoms with E-state index >= 15 is 0 Å². The lowest BCUT2D eigenvalue weighted by Crippen LogP contribution is -2.47. The molecular weight excluding hydrogens is 401 g/mol. The number of ether oxygens (including phenoxy) is 2. The molecule has 162 valence electrons. The molecule has 1 N–H and O–H groups in total. The summed E-state index contributed by atoms with van der Waals surface area (Å²) in [4.78, 5) is 9.95. The zero-order valence-corrected chi connectivity index (χ0v) is 16.6. The number of fused-ring (bicyclic) bond motifs is 5. The highest BCUT2D eigenvalue weighted by atomic mass is 19.4. The van der Waals surface area contributed by atoms with Gasteiger partial charge in [-0.05, 0) is 26.2 Å². The average molecular weight is 424 g/mol. The monoisotopic (exact) mass is 424 g/mol. The Morgan fingerprint density at radius 1 is 1.17 bits per heavy atom. The molecule has 1 saturated heterocycles. The van der Waals surface area contributed by atoms with Crippen molar-refractivity contribution in [2.24, 2.45) is 0 Å². The van der Waals surface area contributed by atoms with Crippen LogP contribution < -0.4 is 15.0 Å². The number of nitrogens with one attached hydrogen (secondary N) is 1. The summed E-state index contributed by atoms with van der Waals surface area (Å²) in [5, 5.41) is 7.72. The van der Waals surface area contributed by atoms with Gasteiger partial charge in [-0.2, -0.15) is 23.3 Å². The van der Waals surface area contributed by atoms with E-state index in [9.17, 15) is 13.2 Å². The predicted molar refractivity (Wildman–Crippen MR) is 102 cm³/mol. The molecule has 4 heterocycles. The van der Waals surface area contributed by atoms with Crippen LogP contribution in [0.15, 0.2) is 6.20 Å². The average Bonchev–Trinajstić information content (AvgIpc) is 2.94. The van der Waals surface area contributed by atoms with Crippen molar-refractivity contribution in [2.75, 3.05) is 36.6 Å². The summed E-state index contributed by atoms with van der Waals surface area (Å²) in [6.07, 6.45) is -0.0701. The van der Waals surface area contributed by atoms with Crippen molar-refractivity contribution in [1.82, 2.24) is 19.7 Å². The first kappa shape index (κ1) is 19.4. The number of anilines is 3. The highest BCUT2D eigenvalue weighted by Gasteiger charge is 2.39. The maximum atomic E-state index is 13.7. The molecular formula is C19H23F3N6O2. The normalized spacial score (nSPS) is 22.1. The molecule has 0 amide bonds. The fourth-order valence-electron chi connectivity index (χ4n) is 4.14. The Morgan fingerprint density at radius 2 is 2.00 bits per heavy atom. The van der Waals surface area contributed by atoms with Crippen LogP contribution in [-0.2, 0) is 10.9 Å². The van der Waals surface area contributed by atoms with Gasteiger partial charge in [0, 0.05) is 19.2 Å². The lowest BCUT2D eigenvalue weighted by molar-refractivity contribution is -0.137. The smallest absolute Gasteiger partial charge is 0.421 e. The Kier molecular flexibility index (Phi) is 4.72. The third kappa shape index (κ3) is 3.34. The number of alkyl halides is 3. The Morgan fingerprint density at radius 3 is 2.73 bits per heavy atom. The molecule has 0 aromatic carbocycles. The van der Waals surface area contributed by atoms with E-state index in [2.05, 4.69) is 20.4 Å². The van der Waals surface area contributed by atoms with Crippen LogP contribution in [0.25, 0.3) is 0 Å². The van der Waals surface area contributed by atoms with Crippen molar-refractivity contribution in [3.63, 3.8) is 0 Å². The molecule has 5 rings (SSSR count). The summed E-state index contributed by atoms with van der Waals surface area (Å²) in [6, 6.07) is -0.0338. The lowest BCUT2D eigenvalue weighted by atomic mass is 9.93. The molecule has 2 bridgehead atoms. The fraction of sp³-hybridized carbons (Fsp3) is 0.632. The second kappa shape index (κ2) is 7.29. The molecule has 0 spiro atoms. The van der Waals surface area contributed by atoms with E-state index in [1.807, 2.05) is 11.6 Å². The summed E-state index contributed by atoms with van der Waals surface area (Å²) in [5.41, 5.74) is -0.114. The third-order valence-corrected chi connectivity index (χ3v) is 5.95. The van der Waals surface area contributed by atoms with Crippen LogP contribution in [0.4, 0.5) is 30.8 Å². The van der Waals surface area contributed by atoms with Crippen molar-refractivity contribution in [3.8, 4) is 5.75 Å². The summed E-state index contributed by atoms with van der Waals surface area (Å²) < 4.78 is 54.6. The number of hydrogen-bond acceptors (Lipinski definition) is 7. The quantitative estimate of drug-likeness (QED) is 0.751. The molecule has 2 aromatic rings. The molecule has 2 aromatic heterocycles. The first-order valence-electron chi connectivity index (χ1n) is 10.2. The molecule has 1 unspecified atom stereocenters. The van der Waals surface area contributed by atoms with Crippen molar-refractivity contribution in [3.05, 3.63) is 17.5 Å². The van der Waals surface area contributed by atoms with Gasteiger partial charge in [0.2, 0.25) is 5.95 Å². The minimum Gasteiger partial charge on any atom is -0.488 e. The molecule has 8 nitrogen and oxygen atoms in total. The Hall–Kier alpha value is -2.56. The number of hydrogen-bond donors (Lipinski definition) is 1. The third-order valence-electron chi connectivity index (χ3n) is 5.95. The van der Waals surface area contributed by atoms with Crippen LogP contribution in [0, 0.1) is 6.92 Å². The topological polar surface area (TPSA) is 77.3 Å². The Labute approximate surface area is 171 Å². The van der Waals surface area contributed by atoms with Crippen molar-refractivity contribution in [2.45, 2.75) is 50.9 Å². The first-order chi connectivity index (χ1) is 14.4. The van der Waals surface area contributed by atoms with Gasteiger partial charge >= 0.3 is 6.18 Å². The van der Waals surface area contributed by atoms with Gasteiger partial charge in [0.1, 0.15) is 17.1 Å². The van der Waals surface area contributed by atoms with Gasteiger partial charge in [-0.3, -0.25) is 0 Å². The van der Waals surface area contributed by atoms with Crippen LogP contribution in [0.1, 0.15) is 43.0 Å². The maximum Gasteiger partial charge on any atom is 0.421 e. The van der Waals surface area contributed by atoms with E-state index < -0.39 is 11.7 Å². The number of halogens is 3. The number of morpholine rings is 1. The predicted octanol–water partition coefficient (Wildman–Crippen LogP) is 3.46. The SMILES string of the molecule is Cc1nn(C2CCC2)c2c1OCCC1COCCN1c1nc(ncc1C(F)(F)F)N2. The van der Waals surface area contributed by atoms with Crippen LogP contribution >= 0.6 is 0 Å². The summed E-state index contributed by atoms with van der Waals surface area (Å²) in [5.74, 6) is 1.16. The zero-order chi connectivity index (χ0) is 20.9. The van der Waals surface area contributed by atoms with E-state index in [0.29, 0.717) is 44.4 Å². The van der Waals surface area contributed by atoms with Gasteiger partial charge in [-0.1, -0.05) is 0 Å². The minimum atomic E-state index is -4.55. The summed E-state index contributed by atoms with van der Waals surface area (Å²) >= 11 is 0. The van der Waals surface area contributed by atoms with Gasteiger partial charge in [0.05, 0.1) is 31.9 Å². The first-order valence-corrected chi connectivity index (χ1v) is 10.2. The Balaban J connectivity index is 1.62. The van der Waals surface area contributed by atoms with Crippen LogP contribution in [0.5, 0.6) is 5.75 Å².